The summed E-state index contributed by atoms with van der Waals surface area (Å²) in [6, 6.07) is 9.76. The van der Waals surface area contributed by atoms with E-state index >= 15 is 0 Å². The number of sulfonamides is 1. The number of carbonyl (C=O) groups is 1. The summed E-state index contributed by atoms with van der Waals surface area (Å²) < 4.78 is 48.6. The van der Waals surface area contributed by atoms with E-state index in [0.29, 0.717) is 11.4 Å². The fourth-order valence-electron chi connectivity index (χ4n) is 2.24. The van der Waals surface area contributed by atoms with Crippen molar-refractivity contribution in [3.8, 4) is 11.5 Å². The first kappa shape index (κ1) is 19.5. The lowest BCUT2D eigenvalue weighted by atomic mass is 10.2. The molecule has 9 heteroatoms. The van der Waals surface area contributed by atoms with Gasteiger partial charge < -0.3 is 14.8 Å². The lowest BCUT2D eigenvalue weighted by Gasteiger charge is -2.24. The van der Waals surface area contributed by atoms with Crippen LogP contribution >= 0.6 is 0 Å². The summed E-state index contributed by atoms with van der Waals surface area (Å²) in [5.74, 6) is -0.354. The molecule has 26 heavy (non-hydrogen) atoms. The van der Waals surface area contributed by atoms with Crippen molar-refractivity contribution in [2.45, 2.75) is 0 Å². The molecule has 1 amide bonds. The van der Waals surface area contributed by atoms with Crippen LogP contribution in [0.25, 0.3) is 0 Å². The van der Waals surface area contributed by atoms with Crippen LogP contribution in [0.1, 0.15) is 0 Å². The van der Waals surface area contributed by atoms with Gasteiger partial charge in [-0.1, -0.05) is 0 Å². The number of halogens is 1. The molecule has 0 aromatic heterocycles. The summed E-state index contributed by atoms with van der Waals surface area (Å²) >= 11 is 0. The Morgan fingerprint density at radius 1 is 1.12 bits per heavy atom. The SMILES string of the molecule is COc1ccc(OC)c(N(CC(=O)Nc2ccc(F)cc2)S(C)(=O)=O)c1. The predicted molar refractivity (Wildman–Crippen MR) is 96.8 cm³/mol. The second-order valence-corrected chi connectivity index (χ2v) is 7.27. The van der Waals surface area contributed by atoms with E-state index in [0.717, 1.165) is 10.6 Å². The van der Waals surface area contributed by atoms with Gasteiger partial charge in [-0.15, -0.1) is 0 Å². The molecule has 1 N–H and O–H groups in total. The van der Waals surface area contributed by atoms with Crippen molar-refractivity contribution in [2.24, 2.45) is 0 Å². The molecule has 0 aliphatic rings. The number of benzene rings is 2. The number of hydrogen-bond acceptors (Lipinski definition) is 5. The van der Waals surface area contributed by atoms with Crippen molar-refractivity contribution >= 4 is 27.3 Å². The fourth-order valence-corrected chi connectivity index (χ4v) is 3.09. The molecule has 2 aromatic carbocycles. The molecule has 0 aliphatic carbocycles. The van der Waals surface area contributed by atoms with Crippen molar-refractivity contribution in [1.29, 1.82) is 0 Å². The summed E-state index contributed by atoms with van der Waals surface area (Å²) in [5.41, 5.74) is 0.520. The van der Waals surface area contributed by atoms with Gasteiger partial charge in [-0.25, -0.2) is 12.8 Å². The quantitative estimate of drug-likeness (QED) is 0.794. The van der Waals surface area contributed by atoms with Crippen LogP contribution in [0.15, 0.2) is 42.5 Å². The molecule has 0 atom stereocenters. The average molecular weight is 382 g/mol. The molecule has 0 aliphatic heterocycles. The van der Waals surface area contributed by atoms with E-state index in [4.69, 9.17) is 9.47 Å². The number of carbonyl (C=O) groups excluding carboxylic acids is 1. The maximum atomic E-state index is 12.9. The Labute approximate surface area is 151 Å². The van der Waals surface area contributed by atoms with Gasteiger partial charge in [0.05, 0.1) is 26.2 Å². The number of rotatable bonds is 7. The Bertz CT molecular complexity index is 885. The molecule has 0 radical (unpaired) electrons. The highest BCUT2D eigenvalue weighted by molar-refractivity contribution is 7.92. The Morgan fingerprint density at radius 2 is 1.77 bits per heavy atom. The van der Waals surface area contributed by atoms with Gasteiger partial charge in [0.25, 0.3) is 0 Å². The molecule has 2 aromatic rings. The maximum Gasteiger partial charge on any atom is 0.245 e. The molecule has 7 nitrogen and oxygen atoms in total. The monoisotopic (exact) mass is 382 g/mol. The third-order valence-corrected chi connectivity index (χ3v) is 4.60. The third-order valence-electron chi connectivity index (χ3n) is 3.47. The van der Waals surface area contributed by atoms with Gasteiger partial charge in [-0.2, -0.15) is 0 Å². The van der Waals surface area contributed by atoms with Gasteiger partial charge in [-0.3, -0.25) is 9.10 Å². The number of ether oxygens (including phenoxy) is 2. The molecule has 140 valence electrons. The van der Waals surface area contributed by atoms with Crippen molar-refractivity contribution < 1.29 is 27.1 Å². The normalized spacial score (nSPS) is 10.9. The minimum absolute atomic E-state index is 0.170. The minimum atomic E-state index is -3.79. The maximum absolute atomic E-state index is 12.9. The molecule has 0 heterocycles. The van der Waals surface area contributed by atoms with Crippen LogP contribution in [0.5, 0.6) is 11.5 Å². The van der Waals surface area contributed by atoms with Crippen LogP contribution in [-0.2, 0) is 14.8 Å². The van der Waals surface area contributed by atoms with Crippen LogP contribution in [-0.4, -0.2) is 41.3 Å². The molecule has 2 rings (SSSR count). The van der Waals surface area contributed by atoms with E-state index in [2.05, 4.69) is 5.32 Å². The Morgan fingerprint density at radius 3 is 2.31 bits per heavy atom. The van der Waals surface area contributed by atoms with E-state index in [-0.39, 0.29) is 11.4 Å². The lowest BCUT2D eigenvalue weighted by Crippen LogP contribution is -2.37. The third kappa shape index (κ3) is 4.85. The Kier molecular flexibility index (Phi) is 6.04. The van der Waals surface area contributed by atoms with E-state index in [1.165, 1.54) is 44.6 Å². The first-order chi connectivity index (χ1) is 12.2. The zero-order valence-corrected chi connectivity index (χ0v) is 15.3. The number of hydrogen-bond donors (Lipinski definition) is 1. The van der Waals surface area contributed by atoms with E-state index < -0.39 is 28.3 Å². The van der Waals surface area contributed by atoms with Gasteiger partial charge in [0, 0.05) is 11.8 Å². The molecule has 0 spiro atoms. The first-order valence-electron chi connectivity index (χ1n) is 7.49. The number of amides is 1. The van der Waals surface area contributed by atoms with Crippen LogP contribution in [0, 0.1) is 5.82 Å². The Hall–Kier alpha value is -2.81. The summed E-state index contributed by atoms with van der Waals surface area (Å²) in [6.07, 6.45) is 0.983. The highest BCUT2D eigenvalue weighted by Crippen LogP contribution is 2.33. The van der Waals surface area contributed by atoms with Gasteiger partial charge in [0.15, 0.2) is 0 Å². The number of anilines is 2. The lowest BCUT2D eigenvalue weighted by molar-refractivity contribution is -0.114. The number of nitrogens with one attached hydrogen (secondary N) is 1. The largest absolute Gasteiger partial charge is 0.497 e. The molecule has 0 unspecified atom stereocenters. The summed E-state index contributed by atoms with van der Waals surface area (Å²) in [7, 11) is -0.957. The number of methoxy groups -OCH3 is 2. The van der Waals surface area contributed by atoms with E-state index in [1.807, 2.05) is 0 Å². The van der Waals surface area contributed by atoms with E-state index in [9.17, 15) is 17.6 Å². The smallest absolute Gasteiger partial charge is 0.245 e. The highest BCUT2D eigenvalue weighted by Gasteiger charge is 2.24. The van der Waals surface area contributed by atoms with Crippen LogP contribution < -0.4 is 19.1 Å². The molecule has 0 fully saturated rings. The topological polar surface area (TPSA) is 84.9 Å². The summed E-state index contributed by atoms with van der Waals surface area (Å²) in [4.78, 5) is 12.3. The van der Waals surface area contributed by atoms with Crippen molar-refractivity contribution in [3.63, 3.8) is 0 Å². The molecule has 0 saturated carbocycles. The second-order valence-electron chi connectivity index (χ2n) is 5.36. The van der Waals surface area contributed by atoms with Crippen LogP contribution in [0.4, 0.5) is 15.8 Å². The molecule has 0 saturated heterocycles. The van der Waals surface area contributed by atoms with Crippen molar-refractivity contribution in [1.82, 2.24) is 0 Å². The molecular formula is C17H19FN2O5S. The minimum Gasteiger partial charge on any atom is -0.497 e. The van der Waals surface area contributed by atoms with E-state index in [1.54, 1.807) is 12.1 Å². The zero-order valence-electron chi connectivity index (χ0n) is 14.5. The van der Waals surface area contributed by atoms with Gasteiger partial charge in [0.2, 0.25) is 15.9 Å². The first-order valence-corrected chi connectivity index (χ1v) is 9.34. The average Bonchev–Trinajstić information content (AvgIpc) is 2.60. The van der Waals surface area contributed by atoms with Gasteiger partial charge >= 0.3 is 0 Å². The molecular weight excluding hydrogens is 363 g/mol. The van der Waals surface area contributed by atoms with Crippen LogP contribution in [0.3, 0.4) is 0 Å². The van der Waals surface area contributed by atoms with Gasteiger partial charge in [0.1, 0.15) is 23.9 Å². The fraction of sp³-hybridized carbons (Fsp3) is 0.235. The predicted octanol–water partition coefficient (Wildman–Crippen LogP) is 2.25. The standard InChI is InChI=1S/C17H19FN2O5S/c1-24-14-8-9-16(25-2)15(10-14)20(26(3,22)23)11-17(21)19-13-6-4-12(18)5-7-13/h4-10H,11H2,1-3H3,(H,19,21). The van der Waals surface area contributed by atoms with Crippen molar-refractivity contribution in [2.75, 3.05) is 36.6 Å². The van der Waals surface area contributed by atoms with Crippen molar-refractivity contribution in [3.05, 3.63) is 48.3 Å². The molecule has 0 bridgehead atoms. The second kappa shape index (κ2) is 8.05. The van der Waals surface area contributed by atoms with Crippen LogP contribution in [0.2, 0.25) is 0 Å². The summed E-state index contributed by atoms with van der Waals surface area (Å²) in [6.45, 7) is -0.486. The van der Waals surface area contributed by atoms with Gasteiger partial charge in [-0.05, 0) is 36.4 Å². The Balaban J connectivity index is 2.31. The summed E-state index contributed by atoms with van der Waals surface area (Å²) in [5, 5.41) is 2.52. The number of nitrogens with zero attached hydrogens (tertiary/aromatic N) is 1. The zero-order chi connectivity index (χ0) is 19.3. The highest BCUT2D eigenvalue weighted by atomic mass is 32.2.